The average Bonchev–Trinajstić information content (AvgIpc) is 2.49. The maximum absolute atomic E-state index is 11.9. The molecule has 2 aromatic carbocycles. The number of phenolic OH excluding ortho intramolecular Hbond substituents is 1. The Morgan fingerprint density at radius 3 is 2.41 bits per heavy atom. The number of nitrogens with zero attached hydrogens (tertiary/aromatic N) is 1. The number of hydrogen-bond acceptors (Lipinski definition) is 4. The van der Waals surface area contributed by atoms with E-state index >= 15 is 0 Å². The van der Waals surface area contributed by atoms with E-state index in [2.05, 4.69) is 15.8 Å². The summed E-state index contributed by atoms with van der Waals surface area (Å²) in [5, 5.41) is 16.0. The molecule has 22 heavy (non-hydrogen) atoms. The van der Waals surface area contributed by atoms with E-state index in [4.69, 9.17) is 0 Å². The molecule has 0 aliphatic heterocycles. The molecule has 0 radical (unpaired) electrons. The van der Waals surface area contributed by atoms with Crippen molar-refractivity contribution < 1.29 is 14.7 Å². The number of hydrazone groups is 1. The highest BCUT2D eigenvalue weighted by Gasteiger charge is 2.04. The van der Waals surface area contributed by atoms with Crippen molar-refractivity contribution in [1.29, 1.82) is 0 Å². The van der Waals surface area contributed by atoms with Crippen LogP contribution in [0.2, 0.25) is 0 Å². The van der Waals surface area contributed by atoms with Crippen LogP contribution in [0, 0.1) is 0 Å². The molecule has 0 aliphatic rings. The van der Waals surface area contributed by atoms with Gasteiger partial charge in [-0.1, -0.05) is 12.1 Å². The number of nitrogens with one attached hydrogen (secondary N) is 2. The van der Waals surface area contributed by atoms with Crippen LogP contribution < -0.4 is 10.7 Å². The molecular formula is C16H15N3O3. The molecule has 0 saturated carbocycles. The second kappa shape index (κ2) is 7.03. The molecule has 0 unspecified atom stereocenters. The summed E-state index contributed by atoms with van der Waals surface area (Å²) in [6, 6.07) is 13.1. The maximum atomic E-state index is 11.9. The first-order valence-electron chi connectivity index (χ1n) is 6.55. The molecule has 2 aromatic rings. The van der Waals surface area contributed by atoms with Gasteiger partial charge in [0, 0.05) is 23.7 Å². The van der Waals surface area contributed by atoms with Gasteiger partial charge in [-0.3, -0.25) is 9.59 Å². The third-order valence-corrected chi connectivity index (χ3v) is 2.77. The lowest BCUT2D eigenvalue weighted by Crippen LogP contribution is -2.17. The Balaban J connectivity index is 1.97. The van der Waals surface area contributed by atoms with Crippen molar-refractivity contribution in [3.05, 3.63) is 59.7 Å². The molecule has 112 valence electrons. The van der Waals surface area contributed by atoms with Crippen LogP contribution >= 0.6 is 0 Å². The molecule has 6 heteroatoms. The summed E-state index contributed by atoms with van der Waals surface area (Å²) < 4.78 is 0. The molecule has 0 saturated heterocycles. The van der Waals surface area contributed by atoms with E-state index < -0.39 is 0 Å². The predicted molar refractivity (Wildman–Crippen MR) is 83.9 cm³/mol. The van der Waals surface area contributed by atoms with E-state index in [0.29, 0.717) is 16.8 Å². The first-order chi connectivity index (χ1) is 10.6. The number of hydrogen-bond donors (Lipinski definition) is 3. The number of aromatic hydroxyl groups is 1. The first-order valence-corrected chi connectivity index (χ1v) is 6.55. The van der Waals surface area contributed by atoms with E-state index in [1.54, 1.807) is 42.5 Å². The Hall–Kier alpha value is -3.15. The Bertz CT molecular complexity index is 709. The van der Waals surface area contributed by atoms with Gasteiger partial charge in [0.1, 0.15) is 5.75 Å². The molecular weight excluding hydrogens is 282 g/mol. The zero-order valence-corrected chi connectivity index (χ0v) is 11.9. The van der Waals surface area contributed by atoms with Crippen LogP contribution in [0.4, 0.5) is 5.69 Å². The number of amides is 2. The summed E-state index contributed by atoms with van der Waals surface area (Å²) in [5.74, 6) is -0.481. The smallest absolute Gasteiger partial charge is 0.271 e. The molecule has 0 spiro atoms. The fraction of sp³-hybridized carbons (Fsp3) is 0.0625. The highest BCUT2D eigenvalue weighted by Crippen LogP contribution is 2.12. The second-order valence-electron chi connectivity index (χ2n) is 4.52. The second-order valence-corrected chi connectivity index (χ2v) is 4.52. The van der Waals surface area contributed by atoms with Gasteiger partial charge in [-0.2, -0.15) is 5.10 Å². The van der Waals surface area contributed by atoms with Crippen molar-refractivity contribution in [2.24, 2.45) is 5.10 Å². The van der Waals surface area contributed by atoms with Crippen LogP contribution in [0.15, 0.2) is 53.6 Å². The molecule has 0 fully saturated rings. The summed E-state index contributed by atoms with van der Waals surface area (Å²) >= 11 is 0. The van der Waals surface area contributed by atoms with Crippen molar-refractivity contribution in [3.8, 4) is 5.75 Å². The molecule has 6 nitrogen and oxygen atoms in total. The Morgan fingerprint density at radius 1 is 1.09 bits per heavy atom. The lowest BCUT2D eigenvalue weighted by molar-refractivity contribution is -0.114. The largest absolute Gasteiger partial charge is 0.507 e. The minimum Gasteiger partial charge on any atom is -0.507 e. The Labute approximate surface area is 127 Å². The van der Waals surface area contributed by atoms with Crippen molar-refractivity contribution in [2.75, 3.05) is 5.32 Å². The van der Waals surface area contributed by atoms with Crippen LogP contribution in [0.3, 0.4) is 0 Å². The van der Waals surface area contributed by atoms with Gasteiger partial charge in [0.15, 0.2) is 0 Å². The lowest BCUT2D eigenvalue weighted by atomic mass is 10.2. The number of rotatable bonds is 4. The maximum Gasteiger partial charge on any atom is 0.271 e. The molecule has 0 aliphatic carbocycles. The molecule has 0 atom stereocenters. The number of phenols is 1. The molecule has 0 bridgehead atoms. The molecule has 2 rings (SSSR count). The molecule has 2 amide bonds. The van der Waals surface area contributed by atoms with E-state index in [-0.39, 0.29) is 17.6 Å². The van der Waals surface area contributed by atoms with Gasteiger partial charge in [0.2, 0.25) is 5.91 Å². The van der Waals surface area contributed by atoms with Crippen molar-refractivity contribution >= 4 is 23.7 Å². The number of carbonyl (C=O) groups excluding carboxylic acids is 2. The van der Waals surface area contributed by atoms with Gasteiger partial charge < -0.3 is 10.4 Å². The monoisotopic (exact) mass is 297 g/mol. The standard InChI is InChI=1S/C16H15N3O3/c1-11(20)18-14-8-6-12(7-9-14)16(22)19-17-10-13-4-2-3-5-15(13)21/h2-10,21H,1H3,(H,18,20)(H,19,22)/b17-10+. The van der Waals surface area contributed by atoms with Gasteiger partial charge in [-0.25, -0.2) is 5.43 Å². The van der Waals surface area contributed by atoms with Crippen LogP contribution in [0.25, 0.3) is 0 Å². The van der Waals surface area contributed by atoms with Gasteiger partial charge in [0.05, 0.1) is 6.21 Å². The van der Waals surface area contributed by atoms with E-state index in [1.807, 2.05) is 0 Å². The third-order valence-electron chi connectivity index (χ3n) is 2.77. The Kier molecular flexibility index (Phi) is 4.87. The summed E-state index contributed by atoms with van der Waals surface area (Å²) in [5.41, 5.74) is 3.89. The first kappa shape index (κ1) is 15.2. The molecule has 0 aromatic heterocycles. The zero-order valence-electron chi connectivity index (χ0n) is 11.9. The average molecular weight is 297 g/mol. The van der Waals surface area contributed by atoms with Crippen LogP contribution in [0.1, 0.15) is 22.8 Å². The Morgan fingerprint density at radius 2 is 1.77 bits per heavy atom. The number of benzene rings is 2. The van der Waals surface area contributed by atoms with Crippen molar-refractivity contribution in [1.82, 2.24) is 5.43 Å². The summed E-state index contributed by atoms with van der Waals surface area (Å²) in [4.78, 5) is 22.8. The van der Waals surface area contributed by atoms with Crippen LogP contribution in [-0.4, -0.2) is 23.1 Å². The van der Waals surface area contributed by atoms with Crippen LogP contribution in [-0.2, 0) is 4.79 Å². The van der Waals surface area contributed by atoms with Gasteiger partial charge >= 0.3 is 0 Å². The van der Waals surface area contributed by atoms with Gasteiger partial charge in [-0.05, 0) is 36.4 Å². The van der Waals surface area contributed by atoms with Crippen LogP contribution in [0.5, 0.6) is 5.75 Å². The van der Waals surface area contributed by atoms with E-state index in [0.717, 1.165) is 0 Å². The third kappa shape index (κ3) is 4.17. The predicted octanol–water partition coefficient (Wildman–Crippen LogP) is 2.11. The highest BCUT2D eigenvalue weighted by atomic mass is 16.3. The minimum atomic E-state index is -0.388. The molecule has 3 N–H and O–H groups in total. The quantitative estimate of drug-likeness (QED) is 0.596. The van der Waals surface area contributed by atoms with E-state index in [1.165, 1.54) is 19.2 Å². The lowest BCUT2D eigenvalue weighted by Gasteiger charge is -2.03. The fourth-order valence-electron chi connectivity index (χ4n) is 1.73. The number of anilines is 1. The van der Waals surface area contributed by atoms with Crippen molar-refractivity contribution in [3.63, 3.8) is 0 Å². The van der Waals surface area contributed by atoms with Gasteiger partial charge in [-0.15, -0.1) is 0 Å². The van der Waals surface area contributed by atoms with E-state index in [9.17, 15) is 14.7 Å². The van der Waals surface area contributed by atoms with Crippen molar-refractivity contribution in [2.45, 2.75) is 6.92 Å². The SMILES string of the molecule is CC(=O)Nc1ccc(C(=O)N/N=C/c2ccccc2O)cc1. The highest BCUT2D eigenvalue weighted by molar-refractivity contribution is 5.96. The molecule has 0 heterocycles. The number of para-hydroxylation sites is 1. The number of carbonyl (C=O) groups is 2. The zero-order chi connectivity index (χ0) is 15.9. The minimum absolute atomic E-state index is 0.0835. The van der Waals surface area contributed by atoms with Gasteiger partial charge in [0.25, 0.3) is 5.91 Å². The summed E-state index contributed by atoms with van der Waals surface area (Å²) in [6.45, 7) is 1.41. The fourth-order valence-corrected chi connectivity index (χ4v) is 1.73. The normalized spacial score (nSPS) is 10.4. The summed E-state index contributed by atoms with van der Waals surface area (Å²) in [6.07, 6.45) is 1.36. The topological polar surface area (TPSA) is 90.8 Å². The summed E-state index contributed by atoms with van der Waals surface area (Å²) in [7, 11) is 0.